The van der Waals surface area contributed by atoms with E-state index in [-0.39, 0.29) is 26.1 Å². The molecule has 0 bridgehead atoms. The summed E-state index contributed by atoms with van der Waals surface area (Å²) in [5.74, 6) is -2.60. The molecule has 11 nitrogen and oxygen atoms in total. The van der Waals surface area contributed by atoms with Crippen molar-refractivity contribution in [2.45, 2.75) is 72.1 Å². The Morgan fingerprint density at radius 2 is 1.82 bits per heavy atom. The lowest BCUT2D eigenvalue weighted by Gasteiger charge is -2.34. The third-order valence-electron chi connectivity index (χ3n) is 5.44. The van der Waals surface area contributed by atoms with Crippen LogP contribution >= 0.6 is 0 Å². The van der Waals surface area contributed by atoms with E-state index in [2.05, 4.69) is 17.2 Å². The van der Waals surface area contributed by atoms with Gasteiger partial charge in [-0.15, -0.1) is 6.58 Å². The van der Waals surface area contributed by atoms with E-state index < -0.39 is 53.9 Å². The number of benzene rings is 1. The maximum atomic E-state index is 13.8. The Morgan fingerprint density at radius 1 is 1.16 bits per heavy atom. The third-order valence-corrected chi connectivity index (χ3v) is 5.44. The number of hydrogen-bond acceptors (Lipinski definition) is 7. The molecule has 0 saturated carbocycles. The first-order valence-corrected chi connectivity index (χ1v) is 12.4. The molecule has 1 aromatic carbocycles. The van der Waals surface area contributed by atoms with Crippen molar-refractivity contribution in [2.75, 3.05) is 19.7 Å². The molecule has 0 heterocycles. The van der Waals surface area contributed by atoms with Crippen LogP contribution in [0.5, 0.6) is 0 Å². The molecule has 0 fully saturated rings. The van der Waals surface area contributed by atoms with E-state index in [0.29, 0.717) is 5.56 Å². The quantitative estimate of drug-likeness (QED) is 0.260. The maximum absolute atomic E-state index is 13.8. The van der Waals surface area contributed by atoms with Gasteiger partial charge in [0.2, 0.25) is 17.7 Å². The Hall–Kier alpha value is -3.89. The van der Waals surface area contributed by atoms with Crippen molar-refractivity contribution >= 4 is 29.8 Å². The van der Waals surface area contributed by atoms with Gasteiger partial charge in [0.15, 0.2) is 0 Å². The molecule has 0 aliphatic carbocycles. The number of nitrogens with zero attached hydrogens (tertiary/aromatic N) is 1. The zero-order valence-corrected chi connectivity index (χ0v) is 23.1. The molecule has 0 saturated heterocycles. The first-order valence-electron chi connectivity index (χ1n) is 12.4. The highest BCUT2D eigenvalue weighted by molar-refractivity contribution is 5.94. The fourth-order valence-electron chi connectivity index (χ4n) is 3.65. The van der Waals surface area contributed by atoms with Gasteiger partial charge in [0.05, 0.1) is 19.4 Å². The van der Waals surface area contributed by atoms with E-state index in [9.17, 15) is 24.0 Å². The summed E-state index contributed by atoms with van der Waals surface area (Å²) in [7, 11) is 0. The molecule has 4 amide bonds. The molecule has 4 N–H and O–H groups in total. The molecule has 2 unspecified atom stereocenters. The number of ether oxygens (including phenoxy) is 2. The summed E-state index contributed by atoms with van der Waals surface area (Å²) in [5, 5.41) is 5.10. The number of primary amides is 1. The van der Waals surface area contributed by atoms with Crippen LogP contribution in [0.3, 0.4) is 0 Å². The Labute approximate surface area is 224 Å². The Kier molecular flexibility index (Phi) is 12.5. The predicted molar refractivity (Wildman–Crippen MR) is 142 cm³/mol. The van der Waals surface area contributed by atoms with Gasteiger partial charge >= 0.3 is 12.1 Å². The van der Waals surface area contributed by atoms with Crippen LogP contribution in [0.25, 0.3) is 0 Å². The standard InChI is InChI=1S/C27H40N4O7/c1-8-15-31(25(35)20(16-21(28)32)30-26(36)38-27(5,6)7)23(19-12-10-11-17(3)18(19)4)24(34)29-14-13-22(33)37-9-2/h8,10-12,20,23H,1,9,13-16H2,2-7H3,(H2,28,32)(H,29,34)(H,30,36). The van der Waals surface area contributed by atoms with Gasteiger partial charge < -0.3 is 30.7 Å². The fourth-order valence-corrected chi connectivity index (χ4v) is 3.65. The van der Waals surface area contributed by atoms with Crippen LogP contribution in [0.2, 0.25) is 0 Å². The van der Waals surface area contributed by atoms with Crippen LogP contribution in [0, 0.1) is 13.8 Å². The molecule has 0 aromatic heterocycles. The molecule has 210 valence electrons. The van der Waals surface area contributed by atoms with E-state index in [1.165, 1.54) is 11.0 Å². The molecule has 1 rings (SSSR count). The van der Waals surface area contributed by atoms with Crippen molar-refractivity contribution in [3.8, 4) is 0 Å². The lowest BCUT2D eigenvalue weighted by molar-refractivity contribution is -0.144. The third kappa shape index (κ3) is 10.2. The van der Waals surface area contributed by atoms with Crippen LogP contribution in [0.15, 0.2) is 30.9 Å². The zero-order valence-electron chi connectivity index (χ0n) is 23.1. The summed E-state index contributed by atoms with van der Waals surface area (Å²) >= 11 is 0. The van der Waals surface area contributed by atoms with Crippen molar-refractivity contribution in [1.29, 1.82) is 0 Å². The van der Waals surface area contributed by atoms with Crippen LogP contribution in [0.4, 0.5) is 4.79 Å². The number of hydrogen-bond donors (Lipinski definition) is 3. The van der Waals surface area contributed by atoms with Crippen molar-refractivity contribution in [3.05, 3.63) is 47.5 Å². The molecular weight excluding hydrogens is 492 g/mol. The number of alkyl carbamates (subject to hydrolysis) is 1. The summed E-state index contributed by atoms with van der Waals surface area (Å²) in [6.07, 6.45) is -0.0661. The van der Waals surface area contributed by atoms with E-state index in [1.807, 2.05) is 19.9 Å². The summed E-state index contributed by atoms with van der Waals surface area (Å²) < 4.78 is 10.2. The largest absolute Gasteiger partial charge is 0.466 e. The second-order valence-electron chi connectivity index (χ2n) is 9.69. The van der Waals surface area contributed by atoms with Gasteiger partial charge in [-0.1, -0.05) is 24.3 Å². The first kappa shape index (κ1) is 32.1. The number of amides is 4. The second kappa shape index (κ2) is 14.7. The normalized spacial score (nSPS) is 12.5. The minimum atomic E-state index is -1.40. The van der Waals surface area contributed by atoms with E-state index in [0.717, 1.165) is 11.1 Å². The molecule has 38 heavy (non-hydrogen) atoms. The highest BCUT2D eigenvalue weighted by atomic mass is 16.6. The Balaban J connectivity index is 3.45. The zero-order chi connectivity index (χ0) is 29.0. The number of nitrogens with two attached hydrogens (primary N) is 1. The van der Waals surface area contributed by atoms with Crippen LogP contribution in [-0.2, 0) is 28.7 Å². The fraction of sp³-hybridized carbons (Fsp3) is 0.519. The van der Waals surface area contributed by atoms with Crippen LogP contribution < -0.4 is 16.4 Å². The van der Waals surface area contributed by atoms with Gasteiger partial charge in [0, 0.05) is 13.1 Å². The summed E-state index contributed by atoms with van der Waals surface area (Å²) in [5.41, 5.74) is 6.71. The predicted octanol–water partition coefficient (Wildman–Crippen LogP) is 2.20. The van der Waals surface area contributed by atoms with Gasteiger partial charge in [0.25, 0.3) is 0 Å². The highest BCUT2D eigenvalue weighted by Crippen LogP contribution is 2.27. The topological polar surface area (TPSA) is 157 Å². The smallest absolute Gasteiger partial charge is 0.408 e. The minimum Gasteiger partial charge on any atom is -0.466 e. The molecule has 2 atom stereocenters. The SMILES string of the molecule is C=CCN(C(=O)C(CC(N)=O)NC(=O)OC(C)(C)C)C(C(=O)NCCC(=O)OCC)c1cccc(C)c1C. The molecule has 1 aromatic rings. The lowest BCUT2D eigenvalue weighted by atomic mass is 9.94. The Morgan fingerprint density at radius 3 is 2.37 bits per heavy atom. The molecule has 0 radical (unpaired) electrons. The van der Waals surface area contributed by atoms with Crippen LogP contribution in [0.1, 0.15) is 63.3 Å². The Bertz CT molecular complexity index is 1030. The van der Waals surface area contributed by atoms with Gasteiger partial charge in [-0.05, 0) is 58.2 Å². The molecule has 0 aliphatic rings. The van der Waals surface area contributed by atoms with Gasteiger partial charge in [-0.3, -0.25) is 19.2 Å². The van der Waals surface area contributed by atoms with Gasteiger partial charge in [-0.2, -0.15) is 0 Å². The molecule has 0 aliphatic heterocycles. The monoisotopic (exact) mass is 532 g/mol. The van der Waals surface area contributed by atoms with Crippen molar-refractivity contribution in [1.82, 2.24) is 15.5 Å². The lowest BCUT2D eigenvalue weighted by Crippen LogP contribution is -2.54. The number of carbonyl (C=O) groups excluding carboxylic acids is 5. The average molecular weight is 533 g/mol. The molecule has 11 heteroatoms. The van der Waals surface area contributed by atoms with Crippen molar-refractivity contribution in [3.63, 3.8) is 0 Å². The average Bonchev–Trinajstić information content (AvgIpc) is 2.79. The number of nitrogens with one attached hydrogen (secondary N) is 2. The van der Waals surface area contributed by atoms with E-state index >= 15 is 0 Å². The van der Waals surface area contributed by atoms with Gasteiger partial charge in [0.1, 0.15) is 17.7 Å². The number of aryl methyl sites for hydroxylation is 1. The first-order chi connectivity index (χ1) is 17.7. The van der Waals surface area contributed by atoms with E-state index in [4.69, 9.17) is 15.2 Å². The minimum absolute atomic E-state index is 0.0178. The summed E-state index contributed by atoms with van der Waals surface area (Å²) in [4.78, 5) is 64.6. The highest BCUT2D eigenvalue weighted by Gasteiger charge is 2.37. The second-order valence-corrected chi connectivity index (χ2v) is 9.69. The number of carbonyl (C=O) groups is 5. The number of esters is 1. The molecular formula is C27H40N4O7. The van der Waals surface area contributed by atoms with Crippen molar-refractivity contribution in [2.24, 2.45) is 5.73 Å². The van der Waals surface area contributed by atoms with E-state index in [1.54, 1.807) is 39.8 Å². The summed E-state index contributed by atoms with van der Waals surface area (Å²) in [6.45, 7) is 14.1. The molecule has 0 spiro atoms. The summed E-state index contributed by atoms with van der Waals surface area (Å²) in [6, 6.07) is 2.77. The van der Waals surface area contributed by atoms with Gasteiger partial charge in [-0.25, -0.2) is 4.79 Å². The maximum Gasteiger partial charge on any atom is 0.408 e. The van der Waals surface area contributed by atoms with Crippen molar-refractivity contribution < 1.29 is 33.4 Å². The van der Waals surface area contributed by atoms with Crippen LogP contribution in [-0.4, -0.2) is 66.0 Å². The number of rotatable bonds is 13.